The van der Waals surface area contributed by atoms with Crippen molar-refractivity contribution in [3.05, 3.63) is 57.8 Å². The van der Waals surface area contributed by atoms with Crippen LogP contribution in [0.2, 0.25) is 0 Å². The molecule has 0 atom stereocenters. The van der Waals surface area contributed by atoms with E-state index in [1.807, 2.05) is 0 Å². The zero-order valence-electron chi connectivity index (χ0n) is 15.7. The van der Waals surface area contributed by atoms with Gasteiger partial charge in [-0.2, -0.15) is 0 Å². The second-order valence-electron chi connectivity index (χ2n) is 6.12. The van der Waals surface area contributed by atoms with Crippen molar-refractivity contribution in [3.8, 4) is 5.75 Å². The van der Waals surface area contributed by atoms with Gasteiger partial charge in [0.1, 0.15) is 17.1 Å². The van der Waals surface area contributed by atoms with Crippen molar-refractivity contribution in [1.82, 2.24) is 9.97 Å². The third kappa shape index (κ3) is 3.99. The van der Waals surface area contributed by atoms with Crippen LogP contribution in [0.25, 0.3) is 10.9 Å². The van der Waals surface area contributed by atoms with E-state index in [4.69, 9.17) is 14.9 Å². The fourth-order valence-electron chi connectivity index (χ4n) is 2.83. The van der Waals surface area contributed by atoms with Crippen LogP contribution in [0.1, 0.15) is 20.7 Å². The maximum Gasteiger partial charge on any atom is 0.341 e. The van der Waals surface area contributed by atoms with Crippen LogP contribution in [-0.2, 0) is 0 Å². The fourth-order valence-corrected chi connectivity index (χ4v) is 2.83. The molecule has 0 saturated heterocycles. The Kier molecular flexibility index (Phi) is 5.81. The average molecular weight is 416 g/mol. The van der Waals surface area contributed by atoms with Crippen LogP contribution in [0, 0.1) is 5.82 Å². The molecule has 10 nitrogen and oxygen atoms in total. The van der Waals surface area contributed by atoms with E-state index in [0.717, 1.165) is 12.3 Å². The van der Waals surface area contributed by atoms with E-state index in [1.165, 1.54) is 25.4 Å². The van der Waals surface area contributed by atoms with Gasteiger partial charge in [0.25, 0.3) is 0 Å². The van der Waals surface area contributed by atoms with Gasteiger partial charge in [-0.15, -0.1) is 0 Å². The molecule has 0 fully saturated rings. The molecule has 1 aromatic carbocycles. The van der Waals surface area contributed by atoms with Crippen LogP contribution >= 0.6 is 0 Å². The number of nitrogens with one attached hydrogen (secondary N) is 3. The zero-order chi connectivity index (χ0) is 21.8. The van der Waals surface area contributed by atoms with Gasteiger partial charge >= 0.3 is 11.9 Å². The van der Waals surface area contributed by atoms with Crippen LogP contribution in [0.4, 0.5) is 15.9 Å². The number of hydrogen-bond acceptors (Lipinski definition) is 7. The molecule has 30 heavy (non-hydrogen) atoms. The Labute approximate surface area is 168 Å². The summed E-state index contributed by atoms with van der Waals surface area (Å²) in [5.41, 5.74) is -1.11. The summed E-state index contributed by atoms with van der Waals surface area (Å²) < 4.78 is 19.9. The Balaban J connectivity index is 1.78. The number of rotatable bonds is 8. The lowest BCUT2D eigenvalue weighted by Crippen LogP contribution is -2.18. The topological polar surface area (TPSA) is 154 Å². The van der Waals surface area contributed by atoms with Crippen LogP contribution in [0.3, 0.4) is 0 Å². The van der Waals surface area contributed by atoms with Crippen molar-refractivity contribution in [2.75, 3.05) is 30.8 Å². The second-order valence-corrected chi connectivity index (χ2v) is 6.12. The molecule has 11 heteroatoms. The number of H-pyrrole nitrogens is 1. The first-order valence-electron chi connectivity index (χ1n) is 8.65. The van der Waals surface area contributed by atoms with E-state index in [0.29, 0.717) is 12.4 Å². The van der Waals surface area contributed by atoms with Gasteiger partial charge in [-0.3, -0.25) is 4.79 Å². The van der Waals surface area contributed by atoms with Gasteiger partial charge in [-0.25, -0.2) is 19.0 Å². The Hall–Kier alpha value is -4.15. The summed E-state index contributed by atoms with van der Waals surface area (Å²) in [6.07, 6.45) is 2.25. The van der Waals surface area contributed by atoms with E-state index >= 15 is 0 Å². The monoisotopic (exact) mass is 416 g/mol. The SMILES string of the molecule is COc1c(NCCNc2ccc(C(=O)O)cn2)c(F)cc2c(=O)c(C(=O)O)c[nH]c12. The summed E-state index contributed by atoms with van der Waals surface area (Å²) in [5, 5.41) is 23.6. The molecule has 156 valence electrons. The number of hydrogen-bond donors (Lipinski definition) is 5. The van der Waals surface area contributed by atoms with E-state index in [9.17, 15) is 18.8 Å². The van der Waals surface area contributed by atoms with Gasteiger partial charge in [0.15, 0.2) is 11.6 Å². The smallest absolute Gasteiger partial charge is 0.341 e. The van der Waals surface area contributed by atoms with E-state index < -0.39 is 28.7 Å². The van der Waals surface area contributed by atoms with Crippen molar-refractivity contribution in [1.29, 1.82) is 0 Å². The van der Waals surface area contributed by atoms with Gasteiger partial charge in [0.05, 0.1) is 23.6 Å². The Bertz CT molecular complexity index is 1180. The number of aromatic nitrogens is 2. The number of pyridine rings is 2. The first-order chi connectivity index (χ1) is 14.3. The predicted molar refractivity (Wildman–Crippen MR) is 106 cm³/mol. The molecule has 0 aliphatic heterocycles. The number of halogens is 1. The van der Waals surface area contributed by atoms with E-state index in [-0.39, 0.29) is 34.4 Å². The van der Waals surface area contributed by atoms with E-state index in [1.54, 1.807) is 0 Å². The highest BCUT2D eigenvalue weighted by Crippen LogP contribution is 2.34. The average Bonchev–Trinajstić information content (AvgIpc) is 2.72. The maximum absolute atomic E-state index is 14.6. The number of aromatic amines is 1. The molecule has 5 N–H and O–H groups in total. The van der Waals surface area contributed by atoms with Crippen molar-refractivity contribution >= 4 is 34.3 Å². The summed E-state index contributed by atoms with van der Waals surface area (Å²) in [5.74, 6) is -2.81. The maximum atomic E-state index is 14.6. The van der Waals surface area contributed by atoms with Gasteiger partial charge in [0.2, 0.25) is 5.43 Å². The second kappa shape index (κ2) is 8.47. The van der Waals surface area contributed by atoms with Gasteiger partial charge in [0, 0.05) is 25.5 Å². The van der Waals surface area contributed by atoms with Crippen molar-refractivity contribution in [3.63, 3.8) is 0 Å². The molecule has 0 spiro atoms. The van der Waals surface area contributed by atoms with Crippen LogP contribution < -0.4 is 20.8 Å². The molecule has 0 bridgehead atoms. The molecule has 2 aromatic heterocycles. The standard InChI is InChI=1S/C19H17FN4O6/c1-30-17-14-10(16(25)11(8-24-14)19(28)29)6-12(20)15(17)22-5-4-21-13-3-2-9(7-23-13)18(26)27/h2-3,6-8,22H,4-5H2,1H3,(H,21,23)(H,24,25)(H,26,27)(H,28,29). The Morgan fingerprint density at radius 1 is 1.20 bits per heavy atom. The van der Waals surface area contributed by atoms with Crippen LogP contribution in [-0.4, -0.2) is 52.3 Å². The summed E-state index contributed by atoms with van der Waals surface area (Å²) in [4.78, 5) is 40.9. The molecule has 0 aliphatic carbocycles. The molecule has 2 heterocycles. The molecule has 3 aromatic rings. The normalized spacial score (nSPS) is 10.6. The van der Waals surface area contributed by atoms with Crippen molar-refractivity contribution in [2.24, 2.45) is 0 Å². The highest BCUT2D eigenvalue weighted by molar-refractivity contribution is 5.96. The summed E-state index contributed by atoms with van der Waals surface area (Å²) in [7, 11) is 1.30. The quantitative estimate of drug-likeness (QED) is 0.347. The lowest BCUT2D eigenvalue weighted by Gasteiger charge is -2.15. The molecule has 0 saturated carbocycles. The van der Waals surface area contributed by atoms with Crippen molar-refractivity contribution < 1.29 is 28.9 Å². The minimum atomic E-state index is -1.42. The number of anilines is 2. The minimum absolute atomic E-state index is 0.000269. The van der Waals surface area contributed by atoms with Crippen LogP contribution in [0.15, 0.2) is 35.4 Å². The number of carboxylic acids is 2. The van der Waals surface area contributed by atoms with Crippen LogP contribution in [0.5, 0.6) is 5.75 Å². The van der Waals surface area contributed by atoms with Crippen molar-refractivity contribution in [2.45, 2.75) is 0 Å². The molecular weight excluding hydrogens is 399 g/mol. The summed E-state index contributed by atoms with van der Waals surface area (Å²) in [6.45, 7) is 0.549. The zero-order valence-corrected chi connectivity index (χ0v) is 15.7. The Morgan fingerprint density at radius 2 is 1.93 bits per heavy atom. The first-order valence-corrected chi connectivity index (χ1v) is 8.65. The number of methoxy groups -OCH3 is 1. The largest absolute Gasteiger partial charge is 0.492 e. The molecule has 0 amide bonds. The third-order valence-corrected chi connectivity index (χ3v) is 4.26. The summed E-state index contributed by atoms with van der Waals surface area (Å²) >= 11 is 0. The highest BCUT2D eigenvalue weighted by Gasteiger charge is 2.19. The fraction of sp³-hybridized carbons (Fsp3) is 0.158. The molecule has 0 radical (unpaired) electrons. The van der Waals surface area contributed by atoms with E-state index in [2.05, 4.69) is 20.6 Å². The molecular formula is C19H17FN4O6. The number of fused-ring (bicyclic) bond motifs is 1. The lowest BCUT2D eigenvalue weighted by atomic mass is 10.1. The van der Waals surface area contributed by atoms with Gasteiger partial charge in [-0.1, -0.05) is 0 Å². The number of carboxylic acid groups (broad SMARTS) is 2. The predicted octanol–water partition coefficient (Wildman–Crippen LogP) is 1.99. The number of aromatic carboxylic acids is 2. The molecule has 0 unspecified atom stereocenters. The molecule has 3 rings (SSSR count). The number of ether oxygens (including phenoxy) is 1. The third-order valence-electron chi connectivity index (χ3n) is 4.26. The van der Waals surface area contributed by atoms with Gasteiger partial charge < -0.3 is 30.6 Å². The number of benzene rings is 1. The minimum Gasteiger partial charge on any atom is -0.492 e. The Morgan fingerprint density at radius 3 is 2.53 bits per heavy atom. The summed E-state index contributed by atoms with van der Waals surface area (Å²) in [6, 6.07) is 3.86. The lowest BCUT2D eigenvalue weighted by molar-refractivity contribution is 0.0685. The van der Waals surface area contributed by atoms with Gasteiger partial charge in [-0.05, 0) is 18.2 Å². The number of carbonyl (C=O) groups is 2. The first kappa shape index (κ1) is 20.6. The molecule has 0 aliphatic rings. The highest BCUT2D eigenvalue weighted by atomic mass is 19.1. The number of nitrogens with zero attached hydrogens (tertiary/aromatic N) is 1.